The summed E-state index contributed by atoms with van der Waals surface area (Å²) in [4.78, 5) is 12.1. The van der Waals surface area contributed by atoms with Gasteiger partial charge >= 0.3 is 0 Å². The lowest BCUT2D eigenvalue weighted by molar-refractivity contribution is -0.122. The SMILES string of the molecule is CC(C)c1ccc(NC(=O)[C@H](C)Oc2ccc(F)cc2)cc1. The van der Waals surface area contributed by atoms with Gasteiger partial charge in [-0.05, 0) is 54.8 Å². The Kier molecular flexibility index (Phi) is 5.15. The first-order chi connectivity index (χ1) is 10.5. The first-order valence-electron chi connectivity index (χ1n) is 7.29. The van der Waals surface area contributed by atoms with Crippen LogP contribution in [-0.2, 0) is 4.79 Å². The van der Waals surface area contributed by atoms with Crippen molar-refractivity contribution in [3.8, 4) is 5.75 Å². The van der Waals surface area contributed by atoms with E-state index >= 15 is 0 Å². The average Bonchev–Trinajstić information content (AvgIpc) is 2.50. The lowest BCUT2D eigenvalue weighted by atomic mass is 10.0. The van der Waals surface area contributed by atoms with Gasteiger partial charge in [-0.2, -0.15) is 0 Å². The second kappa shape index (κ2) is 7.07. The molecule has 4 heteroatoms. The third-order valence-corrected chi connectivity index (χ3v) is 3.34. The normalized spacial score (nSPS) is 12.0. The highest BCUT2D eigenvalue weighted by Gasteiger charge is 2.15. The number of hydrogen-bond acceptors (Lipinski definition) is 2. The fraction of sp³-hybridized carbons (Fsp3) is 0.278. The molecule has 116 valence electrons. The number of benzene rings is 2. The van der Waals surface area contributed by atoms with E-state index in [2.05, 4.69) is 19.2 Å². The van der Waals surface area contributed by atoms with Crippen LogP contribution in [0.25, 0.3) is 0 Å². The molecule has 2 aromatic carbocycles. The fourth-order valence-corrected chi connectivity index (χ4v) is 1.97. The molecule has 0 aliphatic heterocycles. The molecule has 0 bridgehead atoms. The van der Waals surface area contributed by atoms with E-state index in [9.17, 15) is 9.18 Å². The van der Waals surface area contributed by atoms with Gasteiger partial charge in [0.15, 0.2) is 6.10 Å². The smallest absolute Gasteiger partial charge is 0.265 e. The Morgan fingerprint density at radius 1 is 1.00 bits per heavy atom. The maximum atomic E-state index is 12.8. The third kappa shape index (κ3) is 4.32. The van der Waals surface area contributed by atoms with E-state index in [0.717, 1.165) is 5.69 Å². The second-order valence-electron chi connectivity index (χ2n) is 5.48. The summed E-state index contributed by atoms with van der Waals surface area (Å²) >= 11 is 0. The molecule has 0 aliphatic carbocycles. The van der Waals surface area contributed by atoms with Crippen molar-refractivity contribution in [2.75, 3.05) is 5.32 Å². The van der Waals surface area contributed by atoms with Gasteiger partial charge in [0.2, 0.25) is 0 Å². The van der Waals surface area contributed by atoms with Crippen molar-refractivity contribution in [2.45, 2.75) is 32.8 Å². The quantitative estimate of drug-likeness (QED) is 0.891. The Morgan fingerprint density at radius 3 is 2.14 bits per heavy atom. The molecule has 22 heavy (non-hydrogen) atoms. The van der Waals surface area contributed by atoms with Gasteiger partial charge in [0.05, 0.1) is 0 Å². The Labute approximate surface area is 130 Å². The highest BCUT2D eigenvalue weighted by molar-refractivity contribution is 5.94. The molecular formula is C18H20FNO2. The van der Waals surface area contributed by atoms with Gasteiger partial charge in [-0.1, -0.05) is 26.0 Å². The van der Waals surface area contributed by atoms with Crippen LogP contribution in [0.5, 0.6) is 5.75 Å². The van der Waals surface area contributed by atoms with Crippen molar-refractivity contribution in [1.29, 1.82) is 0 Å². The molecule has 0 saturated carbocycles. The van der Waals surface area contributed by atoms with Crippen LogP contribution in [0.3, 0.4) is 0 Å². The molecule has 0 fully saturated rings. The predicted molar refractivity (Wildman–Crippen MR) is 85.7 cm³/mol. The maximum absolute atomic E-state index is 12.8. The van der Waals surface area contributed by atoms with E-state index in [1.54, 1.807) is 6.92 Å². The van der Waals surface area contributed by atoms with Gasteiger partial charge in [-0.15, -0.1) is 0 Å². The zero-order valence-electron chi connectivity index (χ0n) is 13.0. The average molecular weight is 301 g/mol. The monoisotopic (exact) mass is 301 g/mol. The van der Waals surface area contributed by atoms with E-state index in [0.29, 0.717) is 11.7 Å². The molecule has 1 atom stereocenters. The number of nitrogens with one attached hydrogen (secondary N) is 1. The molecule has 3 nitrogen and oxygen atoms in total. The minimum atomic E-state index is -0.671. The van der Waals surface area contributed by atoms with Gasteiger partial charge in [-0.3, -0.25) is 4.79 Å². The van der Waals surface area contributed by atoms with E-state index in [1.165, 1.54) is 29.8 Å². The molecule has 0 aromatic heterocycles. The molecule has 2 aromatic rings. The fourth-order valence-electron chi connectivity index (χ4n) is 1.97. The van der Waals surface area contributed by atoms with Crippen LogP contribution in [-0.4, -0.2) is 12.0 Å². The molecule has 0 spiro atoms. The van der Waals surface area contributed by atoms with Gasteiger partial charge < -0.3 is 10.1 Å². The Balaban J connectivity index is 1.94. The van der Waals surface area contributed by atoms with Gasteiger partial charge in [0, 0.05) is 5.69 Å². The second-order valence-corrected chi connectivity index (χ2v) is 5.48. The van der Waals surface area contributed by atoms with Gasteiger partial charge in [-0.25, -0.2) is 4.39 Å². The standard InChI is InChI=1S/C18H20FNO2/c1-12(2)14-4-8-16(9-5-14)20-18(21)13(3)22-17-10-6-15(19)7-11-17/h4-13H,1-3H3,(H,20,21)/t13-/m0/s1. The van der Waals surface area contributed by atoms with Crippen LogP contribution < -0.4 is 10.1 Å². The molecule has 0 unspecified atom stereocenters. The zero-order chi connectivity index (χ0) is 16.1. The number of carbonyl (C=O) groups is 1. The summed E-state index contributed by atoms with van der Waals surface area (Å²) in [6.07, 6.45) is -0.671. The minimum Gasteiger partial charge on any atom is -0.481 e. The Morgan fingerprint density at radius 2 is 1.59 bits per heavy atom. The lowest BCUT2D eigenvalue weighted by Gasteiger charge is -2.15. The largest absolute Gasteiger partial charge is 0.481 e. The number of carbonyl (C=O) groups excluding carboxylic acids is 1. The first kappa shape index (κ1) is 16.0. The first-order valence-corrected chi connectivity index (χ1v) is 7.29. The topological polar surface area (TPSA) is 38.3 Å². The number of anilines is 1. The number of amides is 1. The van der Waals surface area contributed by atoms with Crippen LogP contribution in [0.15, 0.2) is 48.5 Å². The van der Waals surface area contributed by atoms with Crippen molar-refractivity contribution in [2.24, 2.45) is 0 Å². The van der Waals surface area contributed by atoms with Crippen LogP contribution in [0.2, 0.25) is 0 Å². The minimum absolute atomic E-state index is 0.248. The predicted octanol–water partition coefficient (Wildman–Crippen LogP) is 4.36. The van der Waals surface area contributed by atoms with E-state index in [1.807, 2.05) is 24.3 Å². The number of hydrogen-bond donors (Lipinski definition) is 1. The van der Waals surface area contributed by atoms with E-state index < -0.39 is 6.10 Å². The van der Waals surface area contributed by atoms with Crippen molar-refractivity contribution in [1.82, 2.24) is 0 Å². The summed E-state index contributed by atoms with van der Waals surface area (Å²) < 4.78 is 18.3. The molecule has 0 radical (unpaired) electrons. The number of halogens is 1. The molecule has 0 aliphatic rings. The zero-order valence-corrected chi connectivity index (χ0v) is 13.0. The summed E-state index contributed by atoms with van der Waals surface area (Å²) in [5, 5.41) is 2.80. The van der Waals surface area contributed by atoms with Crippen molar-refractivity contribution in [3.05, 3.63) is 59.9 Å². The summed E-state index contributed by atoms with van der Waals surface area (Å²) in [6.45, 7) is 5.89. The molecule has 0 heterocycles. The number of ether oxygens (including phenoxy) is 1. The van der Waals surface area contributed by atoms with Crippen LogP contribution in [0, 0.1) is 5.82 Å². The van der Waals surface area contributed by atoms with Crippen molar-refractivity contribution < 1.29 is 13.9 Å². The molecule has 0 saturated heterocycles. The lowest BCUT2D eigenvalue weighted by Crippen LogP contribution is -2.30. The highest BCUT2D eigenvalue weighted by atomic mass is 19.1. The van der Waals surface area contributed by atoms with E-state index in [-0.39, 0.29) is 11.7 Å². The molecular weight excluding hydrogens is 281 g/mol. The summed E-state index contributed by atoms with van der Waals surface area (Å²) in [7, 11) is 0. The molecule has 1 N–H and O–H groups in total. The Hall–Kier alpha value is -2.36. The Bertz CT molecular complexity index is 621. The summed E-state index contributed by atoms with van der Waals surface area (Å²) in [6, 6.07) is 13.3. The van der Waals surface area contributed by atoms with Crippen molar-refractivity contribution >= 4 is 11.6 Å². The third-order valence-electron chi connectivity index (χ3n) is 3.34. The highest BCUT2D eigenvalue weighted by Crippen LogP contribution is 2.18. The molecule has 1 amide bonds. The van der Waals surface area contributed by atoms with Crippen molar-refractivity contribution in [3.63, 3.8) is 0 Å². The maximum Gasteiger partial charge on any atom is 0.265 e. The van der Waals surface area contributed by atoms with E-state index in [4.69, 9.17) is 4.74 Å². The summed E-state index contributed by atoms with van der Waals surface area (Å²) in [5.74, 6) is 0.320. The van der Waals surface area contributed by atoms with Gasteiger partial charge in [0.25, 0.3) is 5.91 Å². The summed E-state index contributed by atoms with van der Waals surface area (Å²) in [5.41, 5.74) is 1.94. The van der Waals surface area contributed by atoms with Crippen LogP contribution >= 0.6 is 0 Å². The molecule has 2 rings (SSSR count). The van der Waals surface area contributed by atoms with Crippen LogP contribution in [0.1, 0.15) is 32.3 Å². The van der Waals surface area contributed by atoms with Crippen LogP contribution in [0.4, 0.5) is 10.1 Å². The van der Waals surface area contributed by atoms with Gasteiger partial charge in [0.1, 0.15) is 11.6 Å². The number of rotatable bonds is 5.